The van der Waals surface area contributed by atoms with Crippen LogP contribution in [0.3, 0.4) is 0 Å². The van der Waals surface area contributed by atoms with Gasteiger partial charge in [0.25, 0.3) is 0 Å². The minimum absolute atomic E-state index is 0.393. The van der Waals surface area contributed by atoms with Crippen molar-refractivity contribution in [1.29, 1.82) is 0 Å². The molecule has 0 unspecified atom stereocenters. The van der Waals surface area contributed by atoms with Crippen molar-refractivity contribution in [2.24, 2.45) is 0 Å². The van der Waals surface area contributed by atoms with Gasteiger partial charge in [-0.25, -0.2) is 4.98 Å². The quantitative estimate of drug-likeness (QED) is 0.693. The average Bonchev–Trinajstić information content (AvgIpc) is 2.34. The van der Waals surface area contributed by atoms with E-state index in [4.69, 9.17) is 0 Å². The van der Waals surface area contributed by atoms with Gasteiger partial charge in [0.1, 0.15) is 5.75 Å². The molecule has 13 heavy (non-hydrogen) atoms. The lowest BCUT2D eigenvalue weighted by molar-refractivity contribution is 0.547. The van der Waals surface area contributed by atoms with Gasteiger partial charge >= 0.3 is 10.2 Å². The van der Waals surface area contributed by atoms with Gasteiger partial charge in [-0.15, -0.1) is 3.89 Å². The van der Waals surface area contributed by atoms with E-state index in [1.807, 2.05) is 6.92 Å². The molecule has 1 heterocycles. The Hall–Kier alpha value is -0.910. The predicted molar refractivity (Wildman–Crippen MR) is 46.2 cm³/mol. The molecule has 0 N–H and O–H groups in total. The second-order valence-corrected chi connectivity index (χ2v) is 4.13. The third kappa shape index (κ3) is 3.14. The van der Waals surface area contributed by atoms with Crippen molar-refractivity contribution in [1.82, 2.24) is 9.55 Å². The van der Waals surface area contributed by atoms with Crippen LogP contribution in [0, 0.1) is 0 Å². The van der Waals surface area contributed by atoms with E-state index in [2.05, 4.69) is 4.98 Å². The maximum atomic E-state index is 12.3. The van der Waals surface area contributed by atoms with Gasteiger partial charge < -0.3 is 4.57 Å². The molecule has 1 aromatic heterocycles. The highest BCUT2D eigenvalue weighted by molar-refractivity contribution is 7.85. The first kappa shape index (κ1) is 10.2. The molecular formula is C7H11FN2O2S. The van der Waals surface area contributed by atoms with Crippen LogP contribution in [0.25, 0.3) is 0 Å². The first-order chi connectivity index (χ1) is 6.03. The molecule has 4 nitrogen and oxygen atoms in total. The molecule has 6 heteroatoms. The summed E-state index contributed by atoms with van der Waals surface area (Å²) >= 11 is 0. The molecule has 0 radical (unpaired) electrons. The Labute approximate surface area is 76.6 Å². The van der Waals surface area contributed by atoms with Crippen LogP contribution in [0.5, 0.6) is 0 Å². The highest BCUT2D eigenvalue weighted by Crippen LogP contribution is 2.07. The van der Waals surface area contributed by atoms with E-state index in [0.29, 0.717) is 12.2 Å². The first-order valence-electron chi connectivity index (χ1n) is 3.94. The minimum Gasteiger partial charge on any atom is -0.334 e. The third-order valence-corrected chi connectivity index (χ3v) is 2.22. The van der Waals surface area contributed by atoms with Crippen LogP contribution in [0.4, 0.5) is 3.89 Å². The summed E-state index contributed by atoms with van der Waals surface area (Å²) in [4.78, 5) is 3.76. The van der Waals surface area contributed by atoms with Crippen LogP contribution in [-0.4, -0.2) is 18.0 Å². The number of imidazole rings is 1. The SMILES string of the molecule is CCCn1cncc1CS(=O)(=O)F. The number of hydrogen-bond donors (Lipinski definition) is 0. The van der Waals surface area contributed by atoms with E-state index in [1.165, 1.54) is 12.5 Å². The fraction of sp³-hybridized carbons (Fsp3) is 0.571. The number of halogens is 1. The number of aromatic nitrogens is 2. The standard InChI is InChI=1S/C7H11FN2O2S/c1-2-3-10-6-9-4-7(10)5-13(8,11)12/h4,6H,2-3,5H2,1H3. The normalized spacial score (nSPS) is 11.8. The van der Waals surface area contributed by atoms with Crippen LogP contribution in [0.2, 0.25) is 0 Å². The van der Waals surface area contributed by atoms with Crippen LogP contribution in [0.1, 0.15) is 19.0 Å². The second kappa shape index (κ2) is 3.87. The Morgan fingerprint density at radius 2 is 2.31 bits per heavy atom. The molecule has 0 saturated heterocycles. The molecule has 0 fully saturated rings. The lowest BCUT2D eigenvalue weighted by Crippen LogP contribution is -2.05. The van der Waals surface area contributed by atoms with Gasteiger partial charge in [0.05, 0.1) is 12.0 Å². The number of rotatable bonds is 4. The fourth-order valence-corrected chi connectivity index (χ4v) is 1.68. The highest BCUT2D eigenvalue weighted by Gasteiger charge is 2.12. The zero-order chi connectivity index (χ0) is 9.90. The van der Waals surface area contributed by atoms with Crippen LogP contribution >= 0.6 is 0 Å². The van der Waals surface area contributed by atoms with Gasteiger partial charge in [-0.3, -0.25) is 0 Å². The van der Waals surface area contributed by atoms with Crippen molar-refractivity contribution in [3.8, 4) is 0 Å². The number of aryl methyl sites for hydroxylation is 1. The predicted octanol–water partition coefficient (Wildman–Crippen LogP) is 1.09. The molecular weight excluding hydrogens is 195 g/mol. The Morgan fingerprint density at radius 3 is 2.85 bits per heavy atom. The molecule has 1 aromatic rings. The summed E-state index contributed by atoms with van der Waals surface area (Å²) in [6.45, 7) is 2.61. The van der Waals surface area contributed by atoms with Crippen molar-refractivity contribution in [3.05, 3.63) is 18.2 Å². The van der Waals surface area contributed by atoms with E-state index < -0.39 is 16.0 Å². The molecule has 0 aliphatic carbocycles. The molecule has 0 atom stereocenters. The summed E-state index contributed by atoms with van der Waals surface area (Å²) in [5.41, 5.74) is 0.393. The van der Waals surface area contributed by atoms with Crippen LogP contribution < -0.4 is 0 Å². The fourth-order valence-electron chi connectivity index (χ4n) is 1.09. The van der Waals surface area contributed by atoms with Crippen molar-refractivity contribution in [3.63, 3.8) is 0 Å². The molecule has 0 bridgehead atoms. The summed E-state index contributed by atoms with van der Waals surface area (Å²) in [6, 6.07) is 0. The van der Waals surface area contributed by atoms with E-state index in [0.717, 1.165) is 6.42 Å². The van der Waals surface area contributed by atoms with E-state index in [1.54, 1.807) is 4.57 Å². The zero-order valence-corrected chi connectivity index (χ0v) is 8.09. The molecule has 0 aromatic carbocycles. The Bertz CT molecular complexity index is 372. The van der Waals surface area contributed by atoms with Crippen molar-refractivity contribution in [2.45, 2.75) is 25.6 Å². The summed E-state index contributed by atoms with van der Waals surface area (Å²) in [6.07, 6.45) is 3.73. The Morgan fingerprint density at radius 1 is 1.62 bits per heavy atom. The maximum absolute atomic E-state index is 12.3. The lowest BCUT2D eigenvalue weighted by atomic mass is 10.4. The van der Waals surface area contributed by atoms with Crippen molar-refractivity contribution in [2.75, 3.05) is 0 Å². The molecule has 0 aliphatic heterocycles. The first-order valence-corrected chi connectivity index (χ1v) is 5.49. The van der Waals surface area contributed by atoms with Gasteiger partial charge in [-0.1, -0.05) is 6.92 Å². The summed E-state index contributed by atoms with van der Waals surface area (Å²) in [7, 11) is -4.45. The van der Waals surface area contributed by atoms with E-state index in [9.17, 15) is 12.3 Å². The van der Waals surface area contributed by atoms with Gasteiger partial charge in [-0.2, -0.15) is 8.42 Å². The van der Waals surface area contributed by atoms with Crippen LogP contribution in [0.15, 0.2) is 12.5 Å². The topological polar surface area (TPSA) is 52.0 Å². The van der Waals surface area contributed by atoms with Crippen molar-refractivity contribution < 1.29 is 12.3 Å². The second-order valence-electron chi connectivity index (χ2n) is 2.76. The van der Waals surface area contributed by atoms with Gasteiger partial charge in [0, 0.05) is 12.7 Å². The molecule has 1 rings (SSSR count). The van der Waals surface area contributed by atoms with Crippen LogP contribution in [-0.2, 0) is 22.5 Å². The number of hydrogen-bond acceptors (Lipinski definition) is 3. The third-order valence-electron chi connectivity index (χ3n) is 1.58. The maximum Gasteiger partial charge on any atom is 0.308 e. The molecule has 0 saturated carbocycles. The largest absolute Gasteiger partial charge is 0.334 e. The summed E-state index contributed by atoms with van der Waals surface area (Å²) < 4.78 is 34.6. The molecule has 0 aliphatic rings. The highest BCUT2D eigenvalue weighted by atomic mass is 32.3. The zero-order valence-electron chi connectivity index (χ0n) is 7.27. The van der Waals surface area contributed by atoms with Crippen molar-refractivity contribution >= 4 is 10.2 Å². The molecule has 0 amide bonds. The lowest BCUT2D eigenvalue weighted by Gasteiger charge is -2.03. The van der Waals surface area contributed by atoms with Gasteiger partial charge in [-0.05, 0) is 6.42 Å². The molecule has 0 spiro atoms. The van der Waals surface area contributed by atoms with Gasteiger partial charge in [0.2, 0.25) is 0 Å². The summed E-state index contributed by atoms with van der Waals surface area (Å²) in [5.74, 6) is -0.590. The average molecular weight is 206 g/mol. The monoisotopic (exact) mass is 206 g/mol. The van der Waals surface area contributed by atoms with E-state index >= 15 is 0 Å². The smallest absolute Gasteiger partial charge is 0.308 e. The Balaban J connectivity index is 2.82. The minimum atomic E-state index is -4.45. The van der Waals surface area contributed by atoms with E-state index in [-0.39, 0.29) is 0 Å². The Kier molecular flexibility index (Phi) is 3.02. The van der Waals surface area contributed by atoms with Gasteiger partial charge in [0.15, 0.2) is 0 Å². The summed E-state index contributed by atoms with van der Waals surface area (Å²) in [5, 5.41) is 0. The molecule has 74 valence electrons. The number of nitrogens with zero attached hydrogens (tertiary/aromatic N) is 2.